The number of aliphatic hydroxyl groups is 3. The number of hydrogen-bond acceptors (Lipinski definition) is 7. The average Bonchev–Trinajstić information content (AvgIpc) is 2.40. The highest BCUT2D eigenvalue weighted by atomic mass is 16.5. The van der Waals surface area contributed by atoms with Gasteiger partial charge >= 0.3 is 0 Å². The van der Waals surface area contributed by atoms with Gasteiger partial charge in [0.15, 0.2) is 6.23 Å². The van der Waals surface area contributed by atoms with Gasteiger partial charge in [-0.05, 0) is 17.7 Å². The summed E-state index contributed by atoms with van der Waals surface area (Å²) in [6.45, 7) is -0.104. The molecule has 7 nitrogen and oxygen atoms in total. The lowest BCUT2D eigenvalue weighted by atomic mass is 10.0. The molecule has 0 radical (unpaired) electrons. The first-order chi connectivity index (χ1) is 8.99. The second-order valence-corrected chi connectivity index (χ2v) is 4.31. The number of aromatic carboxylic acids is 1. The van der Waals surface area contributed by atoms with Crippen LogP contribution in [0.3, 0.4) is 0 Å². The van der Waals surface area contributed by atoms with E-state index in [-0.39, 0.29) is 12.2 Å². The van der Waals surface area contributed by atoms with Crippen molar-refractivity contribution in [3.05, 3.63) is 29.8 Å². The molecule has 4 atom stereocenters. The molecule has 0 amide bonds. The van der Waals surface area contributed by atoms with Crippen molar-refractivity contribution in [2.24, 2.45) is 0 Å². The van der Waals surface area contributed by atoms with Crippen LogP contribution in [0.15, 0.2) is 24.3 Å². The minimum atomic E-state index is -1.30. The molecule has 0 saturated carbocycles. The van der Waals surface area contributed by atoms with Gasteiger partial charge in [-0.2, -0.15) is 0 Å². The lowest BCUT2D eigenvalue weighted by molar-refractivity contribution is -0.255. The molecule has 104 valence electrons. The molecule has 2 rings (SSSR count). The minimum Gasteiger partial charge on any atom is -0.545 e. The Morgan fingerprint density at radius 2 is 1.84 bits per heavy atom. The van der Waals surface area contributed by atoms with E-state index in [0.717, 1.165) is 0 Å². The minimum absolute atomic E-state index is 0.0334. The molecule has 1 aromatic carbocycles. The molecule has 7 heteroatoms. The molecule has 1 saturated heterocycles. The smallest absolute Gasteiger partial charge is 0.156 e. The van der Waals surface area contributed by atoms with Gasteiger partial charge in [0.25, 0.3) is 0 Å². The first-order valence-electron chi connectivity index (χ1n) is 5.73. The van der Waals surface area contributed by atoms with Gasteiger partial charge in [0.05, 0.1) is 12.6 Å². The molecule has 1 aromatic rings. The molecular weight excluding hydrogens is 254 g/mol. The highest BCUT2D eigenvalue weighted by molar-refractivity contribution is 5.86. The number of carbonyl (C=O) groups excluding carboxylic acids is 1. The third kappa shape index (κ3) is 3.02. The van der Waals surface area contributed by atoms with Gasteiger partial charge in [0.1, 0.15) is 18.3 Å². The monoisotopic (exact) mass is 268 g/mol. The number of hydrogen-bond donors (Lipinski definition) is 4. The fraction of sp³-hybridized carbons (Fsp3) is 0.417. The van der Waals surface area contributed by atoms with Crippen molar-refractivity contribution in [1.82, 2.24) is 0 Å². The number of anilines is 1. The number of carboxylic acids is 1. The second-order valence-electron chi connectivity index (χ2n) is 4.31. The SMILES string of the molecule is O=C([O-])c1ccc(N[C@@H]2OC[C@H](O)[C@@H](O)[C@H]2O)cc1. The Kier molecular flexibility index (Phi) is 4.01. The number of carbonyl (C=O) groups is 1. The zero-order valence-corrected chi connectivity index (χ0v) is 9.89. The van der Waals surface area contributed by atoms with Crippen LogP contribution in [0.4, 0.5) is 5.69 Å². The van der Waals surface area contributed by atoms with E-state index >= 15 is 0 Å². The standard InChI is InChI=1S/C12H15NO6/c14-8-5-19-11(10(16)9(8)15)13-7-3-1-6(2-4-7)12(17)18/h1-4,8-11,13-16H,5H2,(H,17,18)/p-1/t8-,9+,10+,11+/m0/s1. The van der Waals surface area contributed by atoms with Crippen molar-refractivity contribution < 1.29 is 30.0 Å². The maximum absolute atomic E-state index is 10.6. The molecule has 1 aliphatic rings. The second kappa shape index (κ2) is 5.54. The third-order valence-electron chi connectivity index (χ3n) is 2.93. The van der Waals surface area contributed by atoms with Gasteiger partial charge in [-0.3, -0.25) is 0 Å². The number of aliphatic hydroxyl groups excluding tert-OH is 3. The molecule has 0 bridgehead atoms. The maximum Gasteiger partial charge on any atom is 0.156 e. The molecular formula is C12H14NO6-. The van der Waals surface area contributed by atoms with Crippen molar-refractivity contribution in [2.75, 3.05) is 11.9 Å². The summed E-state index contributed by atoms with van der Waals surface area (Å²) in [5.74, 6) is -1.28. The normalized spacial score (nSPS) is 30.9. The molecule has 0 unspecified atom stereocenters. The van der Waals surface area contributed by atoms with Gasteiger partial charge in [-0.15, -0.1) is 0 Å². The van der Waals surface area contributed by atoms with E-state index in [0.29, 0.717) is 5.69 Å². The Hall–Kier alpha value is -1.67. The van der Waals surface area contributed by atoms with Gasteiger partial charge in [0.2, 0.25) is 0 Å². The predicted molar refractivity (Wildman–Crippen MR) is 62.2 cm³/mol. The van der Waals surface area contributed by atoms with Crippen LogP contribution in [0, 0.1) is 0 Å². The lowest BCUT2D eigenvalue weighted by Crippen LogP contribution is -2.55. The molecule has 1 fully saturated rings. The highest BCUT2D eigenvalue weighted by Gasteiger charge is 2.37. The Bertz CT molecular complexity index is 448. The van der Waals surface area contributed by atoms with Crippen LogP contribution < -0.4 is 10.4 Å². The van der Waals surface area contributed by atoms with Gasteiger partial charge in [-0.1, -0.05) is 12.1 Å². The van der Waals surface area contributed by atoms with Crippen LogP contribution in [0.2, 0.25) is 0 Å². The molecule has 0 aromatic heterocycles. The van der Waals surface area contributed by atoms with Crippen LogP contribution in [0.25, 0.3) is 0 Å². The van der Waals surface area contributed by atoms with E-state index in [4.69, 9.17) is 4.74 Å². The fourth-order valence-corrected chi connectivity index (χ4v) is 1.80. The summed E-state index contributed by atoms with van der Waals surface area (Å²) in [7, 11) is 0. The Labute approximate surface area is 109 Å². The molecule has 0 spiro atoms. The van der Waals surface area contributed by atoms with E-state index in [2.05, 4.69) is 5.32 Å². The van der Waals surface area contributed by atoms with Crippen LogP contribution in [0.5, 0.6) is 0 Å². The number of rotatable bonds is 3. The van der Waals surface area contributed by atoms with Crippen LogP contribution in [-0.4, -0.2) is 52.4 Å². The molecule has 1 aliphatic heterocycles. The summed E-state index contributed by atoms with van der Waals surface area (Å²) >= 11 is 0. The first kappa shape index (κ1) is 13.8. The van der Waals surface area contributed by atoms with Gasteiger partial charge < -0.3 is 35.3 Å². The van der Waals surface area contributed by atoms with E-state index < -0.39 is 30.5 Å². The highest BCUT2D eigenvalue weighted by Crippen LogP contribution is 2.18. The third-order valence-corrected chi connectivity index (χ3v) is 2.93. The average molecular weight is 268 g/mol. The van der Waals surface area contributed by atoms with Crippen LogP contribution in [-0.2, 0) is 4.74 Å². The van der Waals surface area contributed by atoms with Gasteiger partial charge in [0, 0.05) is 5.69 Å². The summed E-state index contributed by atoms with van der Waals surface area (Å²) in [5.41, 5.74) is 0.545. The van der Waals surface area contributed by atoms with Crippen LogP contribution in [0.1, 0.15) is 10.4 Å². The topological polar surface area (TPSA) is 122 Å². The first-order valence-corrected chi connectivity index (χ1v) is 5.73. The summed E-state index contributed by atoms with van der Waals surface area (Å²) in [4.78, 5) is 10.6. The van der Waals surface area contributed by atoms with Crippen molar-refractivity contribution in [3.63, 3.8) is 0 Å². The van der Waals surface area contributed by atoms with E-state index in [1.54, 1.807) is 0 Å². The number of nitrogens with one attached hydrogen (secondary N) is 1. The molecule has 0 aliphatic carbocycles. The fourth-order valence-electron chi connectivity index (χ4n) is 1.80. The van der Waals surface area contributed by atoms with Crippen molar-refractivity contribution in [2.45, 2.75) is 24.5 Å². The zero-order chi connectivity index (χ0) is 14.0. The summed E-state index contributed by atoms with van der Waals surface area (Å²) in [5, 5.41) is 41.9. The number of carboxylic acid groups (broad SMARTS) is 1. The Morgan fingerprint density at radius 1 is 1.21 bits per heavy atom. The Balaban J connectivity index is 2.03. The van der Waals surface area contributed by atoms with Crippen molar-refractivity contribution >= 4 is 11.7 Å². The summed E-state index contributed by atoms with van der Waals surface area (Å²) in [6.07, 6.45) is -4.60. The Morgan fingerprint density at radius 3 is 2.42 bits per heavy atom. The van der Waals surface area contributed by atoms with E-state index in [9.17, 15) is 25.2 Å². The number of benzene rings is 1. The largest absolute Gasteiger partial charge is 0.545 e. The van der Waals surface area contributed by atoms with Crippen LogP contribution >= 0.6 is 0 Å². The van der Waals surface area contributed by atoms with E-state index in [1.807, 2.05) is 0 Å². The lowest BCUT2D eigenvalue weighted by Gasteiger charge is -2.35. The summed E-state index contributed by atoms with van der Waals surface area (Å²) < 4.78 is 5.15. The predicted octanol–water partition coefficient (Wildman–Crippen LogP) is -2.10. The van der Waals surface area contributed by atoms with Gasteiger partial charge in [-0.25, -0.2) is 0 Å². The van der Waals surface area contributed by atoms with E-state index in [1.165, 1.54) is 24.3 Å². The maximum atomic E-state index is 10.6. The zero-order valence-electron chi connectivity index (χ0n) is 9.89. The van der Waals surface area contributed by atoms with Crippen molar-refractivity contribution in [3.8, 4) is 0 Å². The molecule has 19 heavy (non-hydrogen) atoms. The summed E-state index contributed by atoms with van der Waals surface area (Å²) in [6, 6.07) is 5.66. The quantitative estimate of drug-likeness (QED) is 0.495. The van der Waals surface area contributed by atoms with Crippen molar-refractivity contribution in [1.29, 1.82) is 0 Å². The molecule has 1 heterocycles. The number of ether oxygens (including phenoxy) is 1. The molecule has 4 N–H and O–H groups in total.